The minimum atomic E-state index is -0.794. The van der Waals surface area contributed by atoms with Crippen molar-refractivity contribution in [2.45, 2.75) is 51.7 Å². The van der Waals surface area contributed by atoms with E-state index in [0.717, 1.165) is 40.8 Å². The monoisotopic (exact) mass is 398 g/mol. The van der Waals surface area contributed by atoms with Crippen LogP contribution in [0.15, 0.2) is 24.7 Å². The molecule has 7 nitrogen and oxygen atoms in total. The van der Waals surface area contributed by atoms with Gasteiger partial charge in [0, 0.05) is 54.1 Å². The summed E-state index contributed by atoms with van der Waals surface area (Å²) in [5.74, 6) is -0.0117. The summed E-state index contributed by atoms with van der Waals surface area (Å²) in [5, 5.41) is 11.9. The van der Waals surface area contributed by atoms with E-state index in [4.69, 9.17) is 0 Å². The first-order valence-corrected chi connectivity index (χ1v) is 10.2. The van der Waals surface area contributed by atoms with E-state index in [2.05, 4.69) is 31.5 Å². The second-order valence-corrected chi connectivity index (χ2v) is 7.82. The molecular weight excluding hydrogens is 371 g/mol. The number of aromatic amines is 2. The quantitative estimate of drug-likeness (QED) is 0.626. The number of halogens is 1. The summed E-state index contributed by atoms with van der Waals surface area (Å²) in [6.07, 6.45) is 8.84. The predicted molar refractivity (Wildman–Crippen MR) is 111 cm³/mol. The minimum absolute atomic E-state index is 0.0117. The van der Waals surface area contributed by atoms with Crippen molar-refractivity contribution in [1.82, 2.24) is 25.1 Å². The van der Waals surface area contributed by atoms with E-state index in [1.165, 1.54) is 25.5 Å². The Morgan fingerprint density at radius 3 is 2.72 bits per heavy atom. The fourth-order valence-electron chi connectivity index (χ4n) is 3.63. The maximum Gasteiger partial charge on any atom is 0.219 e. The van der Waals surface area contributed by atoms with Crippen molar-refractivity contribution < 1.29 is 9.18 Å². The van der Waals surface area contributed by atoms with Crippen LogP contribution in [0.25, 0.3) is 22.2 Å². The third-order valence-corrected chi connectivity index (χ3v) is 5.44. The lowest BCUT2D eigenvalue weighted by molar-refractivity contribution is -0.130. The van der Waals surface area contributed by atoms with Crippen molar-refractivity contribution in [1.29, 1.82) is 0 Å². The van der Waals surface area contributed by atoms with Crippen molar-refractivity contribution in [2.24, 2.45) is 0 Å². The van der Waals surface area contributed by atoms with Gasteiger partial charge in [0.25, 0.3) is 0 Å². The van der Waals surface area contributed by atoms with Gasteiger partial charge in [-0.05, 0) is 38.7 Å². The molecule has 2 aliphatic rings. The molecule has 3 N–H and O–H groups in total. The third kappa shape index (κ3) is 4.41. The number of carbonyl (C=O) groups is 1. The third-order valence-electron chi connectivity index (χ3n) is 5.44. The van der Waals surface area contributed by atoms with Crippen molar-refractivity contribution in [3.8, 4) is 11.1 Å². The van der Waals surface area contributed by atoms with E-state index in [1.807, 2.05) is 25.5 Å². The summed E-state index contributed by atoms with van der Waals surface area (Å²) < 4.78 is 12.6. The van der Waals surface area contributed by atoms with Gasteiger partial charge in [-0.1, -0.05) is 0 Å². The molecular formula is C21H27FN6O. The van der Waals surface area contributed by atoms with Crippen LogP contribution in [-0.2, 0) is 4.79 Å². The highest BCUT2D eigenvalue weighted by atomic mass is 19.1. The molecule has 0 bridgehead atoms. The Kier molecular flexibility index (Phi) is 5.51. The fraction of sp³-hybridized carbons (Fsp3) is 0.476. The number of nitrogens with zero attached hydrogens (tertiary/aromatic N) is 3. The molecule has 29 heavy (non-hydrogen) atoms. The topological polar surface area (TPSA) is 89.7 Å². The number of aryl methyl sites for hydroxylation is 1. The Hall–Kier alpha value is -2.90. The van der Waals surface area contributed by atoms with Crippen LogP contribution in [0.5, 0.6) is 0 Å². The average Bonchev–Trinajstić information content (AvgIpc) is 3.21. The molecule has 3 aromatic rings. The summed E-state index contributed by atoms with van der Waals surface area (Å²) >= 11 is 0. The number of hydrogen-bond donors (Lipinski definition) is 3. The number of carbonyl (C=O) groups excluding carboxylic acids is 1. The molecule has 0 spiro atoms. The van der Waals surface area contributed by atoms with Crippen LogP contribution in [-0.4, -0.2) is 56.3 Å². The van der Waals surface area contributed by atoms with Crippen molar-refractivity contribution in [2.75, 3.05) is 18.4 Å². The number of aromatic nitrogens is 4. The van der Waals surface area contributed by atoms with Gasteiger partial charge in [0.05, 0.1) is 18.4 Å². The molecule has 154 valence electrons. The van der Waals surface area contributed by atoms with E-state index in [0.29, 0.717) is 19.0 Å². The zero-order chi connectivity index (χ0) is 20.4. The number of pyridine rings is 1. The Morgan fingerprint density at radius 2 is 2.10 bits per heavy atom. The Bertz CT molecular complexity index is 992. The van der Waals surface area contributed by atoms with Gasteiger partial charge in [-0.15, -0.1) is 0 Å². The normalized spacial score (nSPS) is 19.0. The largest absolute Gasteiger partial charge is 0.381 e. The van der Waals surface area contributed by atoms with Gasteiger partial charge in [0.2, 0.25) is 5.91 Å². The van der Waals surface area contributed by atoms with Gasteiger partial charge in [-0.3, -0.25) is 9.89 Å². The van der Waals surface area contributed by atoms with Gasteiger partial charge < -0.3 is 15.2 Å². The molecule has 1 aliphatic heterocycles. The molecule has 3 aromatic heterocycles. The number of fused-ring (bicyclic) bond motifs is 1. The van der Waals surface area contributed by atoms with Crippen LogP contribution >= 0.6 is 0 Å². The SMILES string of the molecule is CC(=O)N1CCCC(F)C1.Cc1[nH]ncc1-c1cnc2[nH]ccc2c1NC1CC1. The molecule has 1 amide bonds. The van der Waals surface area contributed by atoms with E-state index in [1.54, 1.807) is 4.90 Å². The molecule has 5 rings (SSSR count). The van der Waals surface area contributed by atoms with Gasteiger partial charge >= 0.3 is 0 Å². The average molecular weight is 398 g/mol. The molecule has 0 radical (unpaired) electrons. The van der Waals surface area contributed by atoms with E-state index in [9.17, 15) is 9.18 Å². The smallest absolute Gasteiger partial charge is 0.219 e. The first-order chi connectivity index (χ1) is 14.0. The molecule has 4 heterocycles. The highest BCUT2D eigenvalue weighted by Crippen LogP contribution is 2.37. The summed E-state index contributed by atoms with van der Waals surface area (Å²) in [6.45, 7) is 4.55. The maximum atomic E-state index is 12.6. The first kappa shape index (κ1) is 19.4. The van der Waals surface area contributed by atoms with E-state index in [-0.39, 0.29) is 5.91 Å². The van der Waals surface area contributed by atoms with Crippen molar-refractivity contribution in [3.63, 3.8) is 0 Å². The van der Waals surface area contributed by atoms with Gasteiger partial charge in [0.15, 0.2) is 0 Å². The van der Waals surface area contributed by atoms with Crippen LogP contribution in [0.4, 0.5) is 10.1 Å². The second-order valence-electron chi connectivity index (χ2n) is 7.82. The highest BCUT2D eigenvalue weighted by Gasteiger charge is 2.24. The lowest BCUT2D eigenvalue weighted by Crippen LogP contribution is -2.39. The van der Waals surface area contributed by atoms with Crippen LogP contribution in [0, 0.1) is 6.92 Å². The number of piperidine rings is 1. The second kappa shape index (κ2) is 8.23. The lowest BCUT2D eigenvalue weighted by Gasteiger charge is -2.27. The molecule has 1 aliphatic carbocycles. The fourth-order valence-corrected chi connectivity index (χ4v) is 3.63. The van der Waals surface area contributed by atoms with E-state index >= 15 is 0 Å². The Labute approximate surface area is 169 Å². The van der Waals surface area contributed by atoms with Crippen molar-refractivity contribution in [3.05, 3.63) is 30.4 Å². The highest BCUT2D eigenvalue weighted by molar-refractivity contribution is 5.98. The van der Waals surface area contributed by atoms with E-state index < -0.39 is 6.17 Å². The number of rotatable bonds is 3. The molecule has 1 saturated carbocycles. The molecule has 2 fully saturated rings. The van der Waals surface area contributed by atoms with Gasteiger partial charge in [-0.2, -0.15) is 5.10 Å². The minimum Gasteiger partial charge on any atom is -0.381 e. The van der Waals surface area contributed by atoms with Gasteiger partial charge in [0.1, 0.15) is 11.8 Å². The van der Waals surface area contributed by atoms with Crippen LogP contribution in [0.3, 0.4) is 0 Å². The lowest BCUT2D eigenvalue weighted by atomic mass is 10.1. The zero-order valence-electron chi connectivity index (χ0n) is 16.8. The number of H-pyrrole nitrogens is 2. The van der Waals surface area contributed by atoms with Gasteiger partial charge in [-0.25, -0.2) is 9.37 Å². The zero-order valence-corrected chi connectivity index (χ0v) is 16.8. The number of anilines is 1. The summed E-state index contributed by atoms with van der Waals surface area (Å²) in [5.41, 5.74) is 5.38. The maximum absolute atomic E-state index is 12.6. The van der Waals surface area contributed by atoms with Crippen LogP contribution < -0.4 is 5.32 Å². The van der Waals surface area contributed by atoms with Crippen LogP contribution in [0.1, 0.15) is 38.3 Å². The molecule has 1 saturated heterocycles. The van der Waals surface area contributed by atoms with Crippen molar-refractivity contribution >= 4 is 22.6 Å². The number of hydrogen-bond acceptors (Lipinski definition) is 4. The standard InChI is InChI=1S/C14H15N5.C7H12FNO/c1-8-11(7-17-19-8)12-6-16-14-10(4-5-15-14)13(12)18-9-2-3-9;1-6(10)9-4-2-3-7(8)5-9/h4-7,9H,2-3H2,1H3,(H,17,19)(H2,15,16,18);7H,2-5H2,1H3. The Balaban J connectivity index is 0.000000174. The number of likely N-dealkylation sites (tertiary alicyclic amines) is 1. The Morgan fingerprint density at radius 1 is 1.28 bits per heavy atom. The molecule has 1 unspecified atom stereocenters. The predicted octanol–water partition coefficient (Wildman–Crippen LogP) is 3.80. The molecule has 1 atom stereocenters. The number of nitrogens with one attached hydrogen (secondary N) is 3. The summed E-state index contributed by atoms with van der Waals surface area (Å²) in [4.78, 5) is 19.9. The first-order valence-electron chi connectivity index (χ1n) is 10.2. The summed E-state index contributed by atoms with van der Waals surface area (Å²) in [6, 6.07) is 2.68. The van der Waals surface area contributed by atoms with Crippen LogP contribution in [0.2, 0.25) is 0 Å². The molecule has 0 aromatic carbocycles. The number of amides is 1. The number of alkyl halides is 1. The molecule has 8 heteroatoms. The summed E-state index contributed by atoms with van der Waals surface area (Å²) in [7, 11) is 0.